The van der Waals surface area contributed by atoms with Gasteiger partial charge in [-0.3, -0.25) is 0 Å². The lowest BCUT2D eigenvalue weighted by Crippen LogP contribution is -2.22. The molecule has 1 atom stereocenters. The van der Waals surface area contributed by atoms with E-state index in [9.17, 15) is 0 Å². The number of nitrogens with zero attached hydrogens (tertiary/aromatic N) is 2. The second-order valence-electron chi connectivity index (χ2n) is 6.06. The minimum atomic E-state index is 0.478. The number of rotatable bonds is 5. The second-order valence-corrected chi connectivity index (χ2v) is 6.49. The van der Waals surface area contributed by atoms with E-state index in [0.29, 0.717) is 5.92 Å². The van der Waals surface area contributed by atoms with Crippen LogP contribution in [0, 0.1) is 13.8 Å². The maximum Gasteiger partial charge on any atom is 0.0649 e. The van der Waals surface area contributed by atoms with Gasteiger partial charge in [-0.1, -0.05) is 18.5 Å². The first-order chi connectivity index (χ1) is 10.1. The molecule has 1 aliphatic carbocycles. The van der Waals surface area contributed by atoms with Crippen molar-refractivity contribution in [3.63, 3.8) is 0 Å². The van der Waals surface area contributed by atoms with Gasteiger partial charge in [-0.15, -0.1) is 0 Å². The number of benzene rings is 1. The molecule has 0 saturated heterocycles. The molecule has 1 unspecified atom stereocenters. The molecule has 0 amide bonds. The summed E-state index contributed by atoms with van der Waals surface area (Å²) in [5.41, 5.74) is 4.76. The SMILES string of the molecule is Cc1nn(-c2ccc(Cl)cc2)c(C)c1C(C)CNC1CC1. The van der Waals surface area contributed by atoms with E-state index in [1.807, 2.05) is 28.9 Å². The van der Waals surface area contributed by atoms with E-state index in [1.165, 1.54) is 24.1 Å². The van der Waals surface area contributed by atoms with Gasteiger partial charge in [-0.25, -0.2) is 4.68 Å². The number of aryl methyl sites for hydroxylation is 1. The molecule has 1 N–H and O–H groups in total. The average molecular weight is 304 g/mol. The van der Waals surface area contributed by atoms with E-state index < -0.39 is 0 Å². The van der Waals surface area contributed by atoms with Gasteiger partial charge in [0.2, 0.25) is 0 Å². The highest BCUT2D eigenvalue weighted by atomic mass is 35.5. The van der Waals surface area contributed by atoms with Crippen LogP contribution in [-0.4, -0.2) is 22.4 Å². The molecule has 2 aromatic rings. The molecule has 1 heterocycles. The molecule has 0 aliphatic heterocycles. The van der Waals surface area contributed by atoms with Crippen LogP contribution in [0.2, 0.25) is 5.02 Å². The minimum Gasteiger partial charge on any atom is -0.313 e. The minimum absolute atomic E-state index is 0.478. The number of halogens is 1. The molecule has 1 aromatic heterocycles. The fraction of sp³-hybridized carbons (Fsp3) is 0.471. The zero-order valence-electron chi connectivity index (χ0n) is 12.9. The van der Waals surface area contributed by atoms with Gasteiger partial charge < -0.3 is 5.32 Å². The molecule has 21 heavy (non-hydrogen) atoms. The van der Waals surface area contributed by atoms with Crippen LogP contribution in [0.4, 0.5) is 0 Å². The molecule has 112 valence electrons. The summed E-state index contributed by atoms with van der Waals surface area (Å²) in [5, 5.41) is 9.08. The number of hydrogen-bond donors (Lipinski definition) is 1. The topological polar surface area (TPSA) is 29.9 Å². The van der Waals surface area contributed by atoms with Crippen molar-refractivity contribution in [2.24, 2.45) is 0 Å². The summed E-state index contributed by atoms with van der Waals surface area (Å²) in [5.74, 6) is 0.478. The zero-order valence-corrected chi connectivity index (χ0v) is 13.6. The Morgan fingerprint density at radius 1 is 1.29 bits per heavy atom. The van der Waals surface area contributed by atoms with Gasteiger partial charge >= 0.3 is 0 Å². The van der Waals surface area contributed by atoms with Crippen LogP contribution in [0.15, 0.2) is 24.3 Å². The largest absolute Gasteiger partial charge is 0.313 e. The van der Waals surface area contributed by atoms with Crippen LogP contribution >= 0.6 is 11.6 Å². The molecule has 1 saturated carbocycles. The first-order valence-electron chi connectivity index (χ1n) is 7.61. The predicted molar refractivity (Wildman–Crippen MR) is 87.5 cm³/mol. The molecular weight excluding hydrogens is 282 g/mol. The van der Waals surface area contributed by atoms with Crippen LogP contribution in [-0.2, 0) is 0 Å². The van der Waals surface area contributed by atoms with Gasteiger partial charge in [-0.2, -0.15) is 5.10 Å². The molecule has 0 bridgehead atoms. The smallest absolute Gasteiger partial charge is 0.0649 e. The van der Waals surface area contributed by atoms with Gasteiger partial charge in [0.25, 0.3) is 0 Å². The van der Waals surface area contributed by atoms with Crippen molar-refractivity contribution < 1.29 is 0 Å². The molecule has 0 radical (unpaired) electrons. The Balaban J connectivity index is 1.86. The summed E-state index contributed by atoms with van der Waals surface area (Å²) in [4.78, 5) is 0. The van der Waals surface area contributed by atoms with Crippen LogP contribution < -0.4 is 5.32 Å². The highest BCUT2D eigenvalue weighted by molar-refractivity contribution is 6.30. The quantitative estimate of drug-likeness (QED) is 0.905. The second kappa shape index (κ2) is 5.82. The predicted octanol–water partition coefficient (Wildman–Crippen LogP) is 4.00. The van der Waals surface area contributed by atoms with Crippen molar-refractivity contribution in [1.29, 1.82) is 0 Å². The van der Waals surface area contributed by atoms with Crippen LogP contribution in [0.3, 0.4) is 0 Å². The maximum absolute atomic E-state index is 5.96. The fourth-order valence-corrected chi connectivity index (χ4v) is 3.06. The van der Waals surface area contributed by atoms with Crippen molar-refractivity contribution in [3.8, 4) is 5.69 Å². The summed E-state index contributed by atoms with van der Waals surface area (Å²) in [6, 6.07) is 8.59. The summed E-state index contributed by atoms with van der Waals surface area (Å²) in [6.07, 6.45) is 2.66. The Kier molecular flexibility index (Phi) is 4.05. The van der Waals surface area contributed by atoms with E-state index in [1.54, 1.807) is 0 Å². The Morgan fingerprint density at radius 3 is 2.57 bits per heavy atom. The van der Waals surface area contributed by atoms with Crippen LogP contribution in [0.1, 0.15) is 42.6 Å². The summed E-state index contributed by atoms with van der Waals surface area (Å²) in [6.45, 7) is 7.55. The average Bonchev–Trinajstić information content (AvgIpc) is 3.23. The lowest BCUT2D eigenvalue weighted by Gasteiger charge is -2.13. The third kappa shape index (κ3) is 3.14. The van der Waals surface area contributed by atoms with Gasteiger partial charge in [0, 0.05) is 28.9 Å². The molecule has 1 fully saturated rings. The molecule has 1 aliphatic rings. The number of hydrogen-bond acceptors (Lipinski definition) is 2. The molecule has 3 nitrogen and oxygen atoms in total. The van der Waals surface area contributed by atoms with Gasteiger partial charge in [-0.05, 0) is 56.9 Å². The van der Waals surface area contributed by atoms with Crippen molar-refractivity contribution in [2.45, 2.75) is 45.6 Å². The normalized spacial score (nSPS) is 16.2. The standard InChI is InChI=1S/C17H22ClN3/c1-11(10-19-15-6-7-15)17-12(2)20-21(13(17)3)16-8-4-14(18)5-9-16/h4-5,8-9,11,15,19H,6-7,10H2,1-3H3. The van der Waals surface area contributed by atoms with Gasteiger partial charge in [0.1, 0.15) is 0 Å². The molecule has 3 rings (SSSR count). The Hall–Kier alpha value is -1.32. The van der Waals surface area contributed by atoms with E-state index in [0.717, 1.165) is 29.0 Å². The molecular formula is C17H22ClN3. The fourth-order valence-electron chi connectivity index (χ4n) is 2.93. The third-order valence-corrected chi connectivity index (χ3v) is 4.45. The highest BCUT2D eigenvalue weighted by Crippen LogP contribution is 2.27. The highest BCUT2D eigenvalue weighted by Gasteiger charge is 2.23. The zero-order chi connectivity index (χ0) is 15.0. The van der Waals surface area contributed by atoms with E-state index in [-0.39, 0.29) is 0 Å². The Morgan fingerprint density at radius 2 is 1.95 bits per heavy atom. The molecule has 0 spiro atoms. The van der Waals surface area contributed by atoms with E-state index >= 15 is 0 Å². The summed E-state index contributed by atoms with van der Waals surface area (Å²) >= 11 is 5.96. The van der Waals surface area contributed by atoms with Crippen LogP contribution in [0.25, 0.3) is 5.69 Å². The van der Waals surface area contributed by atoms with Crippen molar-refractivity contribution in [2.75, 3.05) is 6.54 Å². The molecule has 4 heteroatoms. The maximum atomic E-state index is 5.96. The van der Waals surface area contributed by atoms with E-state index in [2.05, 4.69) is 26.1 Å². The van der Waals surface area contributed by atoms with Crippen LogP contribution in [0.5, 0.6) is 0 Å². The number of nitrogens with one attached hydrogen (secondary N) is 1. The molecule has 1 aromatic carbocycles. The van der Waals surface area contributed by atoms with Crippen molar-refractivity contribution >= 4 is 11.6 Å². The van der Waals surface area contributed by atoms with Crippen molar-refractivity contribution in [3.05, 3.63) is 46.2 Å². The lowest BCUT2D eigenvalue weighted by atomic mass is 9.99. The third-order valence-electron chi connectivity index (χ3n) is 4.20. The summed E-state index contributed by atoms with van der Waals surface area (Å²) < 4.78 is 2.02. The Bertz CT molecular complexity index is 626. The van der Waals surface area contributed by atoms with Gasteiger partial charge in [0.15, 0.2) is 0 Å². The first-order valence-corrected chi connectivity index (χ1v) is 7.99. The number of aromatic nitrogens is 2. The Labute approximate surface area is 131 Å². The van der Waals surface area contributed by atoms with E-state index in [4.69, 9.17) is 16.7 Å². The monoisotopic (exact) mass is 303 g/mol. The summed E-state index contributed by atoms with van der Waals surface area (Å²) in [7, 11) is 0. The van der Waals surface area contributed by atoms with Crippen molar-refractivity contribution in [1.82, 2.24) is 15.1 Å². The first kappa shape index (κ1) is 14.6. The lowest BCUT2D eigenvalue weighted by molar-refractivity contribution is 0.608. The van der Waals surface area contributed by atoms with Gasteiger partial charge in [0.05, 0.1) is 11.4 Å².